The molecule has 4 aromatic rings. The highest BCUT2D eigenvalue weighted by Crippen LogP contribution is 2.55. The van der Waals surface area contributed by atoms with Gasteiger partial charge in [-0.2, -0.15) is 4.98 Å². The summed E-state index contributed by atoms with van der Waals surface area (Å²) in [5, 5.41) is 3.49. The van der Waals surface area contributed by atoms with E-state index in [0.717, 1.165) is 21.3 Å². The van der Waals surface area contributed by atoms with Crippen molar-refractivity contribution < 1.29 is 13.9 Å². The predicted molar refractivity (Wildman–Crippen MR) is 130 cm³/mol. The number of oxazole rings is 1. The molecule has 0 atom stereocenters. The molecule has 0 unspecified atom stereocenters. The lowest BCUT2D eigenvalue weighted by atomic mass is 10.4. The van der Waals surface area contributed by atoms with E-state index in [-0.39, 0.29) is 5.89 Å². The molecule has 1 fully saturated rings. The van der Waals surface area contributed by atoms with E-state index < -0.39 is 7.26 Å². The van der Waals surface area contributed by atoms with E-state index in [4.69, 9.17) is 14.1 Å². The van der Waals surface area contributed by atoms with Crippen LogP contribution in [0.3, 0.4) is 0 Å². The third-order valence-corrected chi connectivity index (χ3v) is 9.90. The van der Waals surface area contributed by atoms with Crippen LogP contribution < -0.4 is 26.2 Å². The second-order valence-corrected chi connectivity index (χ2v) is 10.9. The monoisotopic (exact) mass is 443 g/mol. The minimum absolute atomic E-state index is 0.105. The van der Waals surface area contributed by atoms with Crippen molar-refractivity contribution in [2.24, 2.45) is 0 Å². The molecule has 0 bridgehead atoms. The highest BCUT2D eigenvalue weighted by Gasteiger charge is 2.53. The van der Waals surface area contributed by atoms with Gasteiger partial charge >= 0.3 is 0 Å². The summed E-state index contributed by atoms with van der Waals surface area (Å²) in [4.78, 5) is 18.8. The van der Waals surface area contributed by atoms with Gasteiger partial charge in [-0.1, -0.05) is 54.6 Å². The number of carbonyl (C=O) groups is 1. The number of hydrogen-bond acceptors (Lipinski definition) is 5. The average Bonchev–Trinajstić information content (AvgIpc) is 3.32. The number of benzene rings is 3. The first-order valence-corrected chi connectivity index (χ1v) is 12.5. The minimum Gasteiger partial charge on any atom is -0.413 e. The Morgan fingerprint density at radius 3 is 1.66 bits per heavy atom. The van der Waals surface area contributed by atoms with Crippen LogP contribution in [0.4, 0.5) is 5.88 Å². The number of aromatic nitrogens is 1. The lowest BCUT2D eigenvalue weighted by Crippen LogP contribution is -2.44. The van der Waals surface area contributed by atoms with E-state index in [9.17, 15) is 4.79 Å². The van der Waals surface area contributed by atoms with E-state index in [1.165, 1.54) is 0 Å². The lowest BCUT2D eigenvalue weighted by Gasteiger charge is -2.30. The van der Waals surface area contributed by atoms with Gasteiger partial charge in [-0.25, -0.2) is 0 Å². The zero-order chi connectivity index (χ0) is 21.8. The SMILES string of the molecule is O=Cc1nc([P+](c2ccccc2)(c2ccccc2)c2ccccc2)c(N2CCOCC2)o1. The Kier molecular flexibility index (Phi) is 5.85. The molecular weight excluding hydrogens is 419 g/mol. The van der Waals surface area contributed by atoms with Crippen LogP contribution >= 0.6 is 7.26 Å². The molecule has 160 valence electrons. The Morgan fingerprint density at radius 2 is 1.22 bits per heavy atom. The second kappa shape index (κ2) is 9.07. The van der Waals surface area contributed by atoms with Crippen LogP contribution in [0.2, 0.25) is 0 Å². The van der Waals surface area contributed by atoms with Gasteiger partial charge in [-0.05, 0) is 36.4 Å². The average molecular weight is 443 g/mol. The quantitative estimate of drug-likeness (QED) is 0.339. The lowest BCUT2D eigenvalue weighted by molar-refractivity contribution is 0.109. The number of ether oxygens (including phenoxy) is 1. The molecule has 1 aromatic heterocycles. The van der Waals surface area contributed by atoms with Crippen LogP contribution in [0.15, 0.2) is 95.4 Å². The number of morpholine rings is 1. The van der Waals surface area contributed by atoms with Gasteiger partial charge in [0, 0.05) is 13.1 Å². The largest absolute Gasteiger partial charge is 0.413 e. The Labute approximate surface area is 188 Å². The normalized spacial score (nSPS) is 14.3. The highest BCUT2D eigenvalue weighted by atomic mass is 31.2. The maximum Gasteiger partial charge on any atom is 0.265 e. The molecule has 2 heterocycles. The van der Waals surface area contributed by atoms with Crippen molar-refractivity contribution in [2.45, 2.75) is 0 Å². The van der Waals surface area contributed by atoms with E-state index >= 15 is 0 Å². The molecule has 3 aromatic carbocycles. The maximum absolute atomic E-state index is 11.8. The second-order valence-electron chi connectivity index (χ2n) is 7.58. The summed E-state index contributed by atoms with van der Waals surface area (Å²) in [7, 11) is -2.45. The van der Waals surface area contributed by atoms with Crippen molar-refractivity contribution in [3.05, 3.63) is 96.9 Å². The molecule has 0 amide bonds. The van der Waals surface area contributed by atoms with Gasteiger partial charge in [0.05, 0.1) is 13.2 Å². The number of hydrogen-bond donors (Lipinski definition) is 0. The highest BCUT2D eigenvalue weighted by molar-refractivity contribution is 8.01. The fraction of sp³-hybridized carbons (Fsp3) is 0.154. The van der Waals surface area contributed by atoms with Gasteiger partial charge in [0.2, 0.25) is 6.29 Å². The van der Waals surface area contributed by atoms with Crippen LogP contribution in [-0.2, 0) is 4.74 Å². The molecule has 5 rings (SSSR count). The number of nitrogens with zero attached hydrogens (tertiary/aromatic N) is 2. The molecule has 0 N–H and O–H groups in total. The van der Waals surface area contributed by atoms with Crippen molar-refractivity contribution in [1.29, 1.82) is 0 Å². The molecule has 5 nitrogen and oxygen atoms in total. The first-order chi connectivity index (χ1) is 15.8. The van der Waals surface area contributed by atoms with E-state index in [0.29, 0.717) is 38.5 Å². The van der Waals surface area contributed by atoms with Gasteiger partial charge < -0.3 is 14.1 Å². The van der Waals surface area contributed by atoms with Crippen molar-refractivity contribution in [2.75, 3.05) is 31.2 Å². The summed E-state index contributed by atoms with van der Waals surface area (Å²) in [6, 6.07) is 31.4. The standard InChI is InChI=1S/C26H24N2O3P/c29-20-24-27-25(26(31-24)28-16-18-30-19-17-28)32(21-10-4-1-5-11-21,22-12-6-2-7-13-22)23-14-8-3-9-15-23/h1-15,20H,16-19H2/q+1. The summed E-state index contributed by atoms with van der Waals surface area (Å²) >= 11 is 0. The molecule has 1 saturated heterocycles. The number of carbonyl (C=O) groups excluding carboxylic acids is 1. The zero-order valence-electron chi connectivity index (χ0n) is 17.6. The summed E-state index contributed by atoms with van der Waals surface area (Å²) in [6.07, 6.45) is 0.698. The van der Waals surface area contributed by atoms with Gasteiger partial charge in [0.15, 0.2) is 7.26 Å². The summed E-state index contributed by atoms with van der Waals surface area (Å²) < 4.78 is 11.7. The molecule has 0 spiro atoms. The van der Waals surface area contributed by atoms with Crippen LogP contribution in [0.1, 0.15) is 10.7 Å². The third kappa shape index (κ3) is 3.54. The molecule has 1 aliphatic heterocycles. The zero-order valence-corrected chi connectivity index (χ0v) is 18.5. The van der Waals surface area contributed by atoms with Crippen LogP contribution in [0.5, 0.6) is 0 Å². The number of anilines is 1. The van der Waals surface area contributed by atoms with E-state index in [1.54, 1.807) is 0 Å². The smallest absolute Gasteiger partial charge is 0.265 e. The molecule has 0 saturated carbocycles. The van der Waals surface area contributed by atoms with Crippen molar-refractivity contribution in [3.8, 4) is 0 Å². The van der Waals surface area contributed by atoms with Crippen LogP contribution in [0, 0.1) is 0 Å². The molecular formula is C26H24N2O3P+. The molecule has 6 heteroatoms. The fourth-order valence-electron chi connectivity index (χ4n) is 4.33. The minimum atomic E-state index is -2.45. The fourth-order valence-corrected chi connectivity index (χ4v) is 8.54. The van der Waals surface area contributed by atoms with Gasteiger partial charge in [-0.3, -0.25) is 4.79 Å². The van der Waals surface area contributed by atoms with Gasteiger partial charge in [0.1, 0.15) is 15.9 Å². The van der Waals surface area contributed by atoms with E-state index in [2.05, 4.69) is 77.7 Å². The Hall–Kier alpha value is -3.27. The molecule has 0 aliphatic carbocycles. The number of aldehydes is 1. The first-order valence-electron chi connectivity index (χ1n) is 10.7. The summed E-state index contributed by atoms with van der Waals surface area (Å²) in [6.45, 7) is 2.62. The van der Waals surface area contributed by atoms with Crippen LogP contribution in [0.25, 0.3) is 0 Å². The van der Waals surface area contributed by atoms with Gasteiger partial charge in [0.25, 0.3) is 17.2 Å². The topological polar surface area (TPSA) is 55.6 Å². The Balaban J connectivity index is 1.88. The van der Waals surface area contributed by atoms with E-state index in [1.807, 2.05) is 18.2 Å². The first kappa shape index (κ1) is 20.6. The van der Waals surface area contributed by atoms with Crippen molar-refractivity contribution >= 4 is 40.8 Å². The summed E-state index contributed by atoms with van der Waals surface area (Å²) in [5.74, 6) is 0.772. The Morgan fingerprint density at radius 1 is 0.750 bits per heavy atom. The van der Waals surface area contributed by atoms with Crippen molar-refractivity contribution in [1.82, 2.24) is 4.98 Å². The number of rotatable bonds is 6. The van der Waals surface area contributed by atoms with Crippen molar-refractivity contribution in [3.63, 3.8) is 0 Å². The predicted octanol–water partition coefficient (Wildman–Crippen LogP) is 2.94. The van der Waals surface area contributed by atoms with Gasteiger partial charge in [-0.15, -0.1) is 0 Å². The molecule has 1 aliphatic rings. The maximum atomic E-state index is 11.8. The molecule has 32 heavy (non-hydrogen) atoms. The molecule has 0 radical (unpaired) electrons. The van der Waals surface area contributed by atoms with Crippen LogP contribution in [-0.4, -0.2) is 37.6 Å². The third-order valence-electron chi connectivity index (χ3n) is 5.76. The summed E-state index contributed by atoms with van der Waals surface area (Å²) in [5.41, 5.74) is 0.824. The Bertz CT molecular complexity index is 1080.